The highest BCUT2D eigenvalue weighted by Crippen LogP contribution is 2.47. The molecule has 1 aromatic heterocycles. The maximum Gasteiger partial charge on any atom is 0.416 e. The number of rotatable bonds is 3. The first-order valence-corrected chi connectivity index (χ1v) is 9.61. The monoisotopic (exact) mass is 439 g/mol. The molecule has 1 heterocycles. The number of hydrogen-bond donors (Lipinski definition) is 1. The Labute approximate surface area is 174 Å². The second-order valence-electron chi connectivity index (χ2n) is 8.08. The van der Waals surface area contributed by atoms with Gasteiger partial charge in [-0.1, -0.05) is 18.7 Å². The van der Waals surface area contributed by atoms with E-state index >= 15 is 0 Å². The third-order valence-corrected chi connectivity index (χ3v) is 5.99. The lowest BCUT2D eigenvalue weighted by Crippen LogP contribution is -2.23. The molecule has 1 fully saturated rings. The van der Waals surface area contributed by atoms with Gasteiger partial charge in [0.25, 0.3) is 0 Å². The van der Waals surface area contributed by atoms with E-state index in [2.05, 4.69) is 6.58 Å². The Hall–Kier alpha value is -2.90. The average molecular weight is 439 g/mol. The summed E-state index contributed by atoms with van der Waals surface area (Å²) in [7, 11) is 1.56. The van der Waals surface area contributed by atoms with Crippen LogP contribution >= 0.6 is 0 Å². The van der Waals surface area contributed by atoms with Crippen LogP contribution < -0.4 is 0 Å². The van der Waals surface area contributed by atoms with E-state index in [-0.39, 0.29) is 23.1 Å². The summed E-state index contributed by atoms with van der Waals surface area (Å²) in [6.45, 7) is 3.48. The van der Waals surface area contributed by atoms with Crippen molar-refractivity contribution in [2.75, 3.05) is 0 Å². The molecule has 0 amide bonds. The Kier molecular flexibility index (Phi) is 4.87. The molecule has 1 aliphatic carbocycles. The van der Waals surface area contributed by atoms with Gasteiger partial charge in [0.2, 0.25) is 0 Å². The van der Waals surface area contributed by atoms with Gasteiger partial charge in [-0.05, 0) is 54.2 Å². The summed E-state index contributed by atoms with van der Waals surface area (Å²) in [5.41, 5.74) is -0.129. The van der Waals surface area contributed by atoms with Gasteiger partial charge >= 0.3 is 12.4 Å². The zero-order valence-corrected chi connectivity index (χ0v) is 16.5. The van der Waals surface area contributed by atoms with Crippen LogP contribution in [0.2, 0.25) is 0 Å². The number of allylic oxidation sites excluding steroid dienone is 1. The van der Waals surface area contributed by atoms with Crippen molar-refractivity contribution >= 4 is 10.9 Å². The SMILES string of the molecule is C=C(O)C1CC(c2cc(-c3cn(C)c4cc(C(F)(F)F)ccc34)cc(C(F)(F)F)c2)C1. The van der Waals surface area contributed by atoms with Gasteiger partial charge in [0, 0.05) is 35.6 Å². The maximum absolute atomic E-state index is 13.6. The summed E-state index contributed by atoms with van der Waals surface area (Å²) in [5.74, 6) is -0.263. The predicted octanol–water partition coefficient (Wildman–Crippen LogP) is 7.45. The standard InChI is InChI=1S/C23H19F6NO/c1-12(31)13-5-14(6-13)15-7-16(9-18(8-15)23(27,28)29)20-11-30(2)21-10-17(22(24,25)26)3-4-19(20)21/h3-4,7-11,13-14,31H,1,5-6H2,2H3. The fourth-order valence-corrected chi connectivity index (χ4v) is 4.16. The Bertz CT molecular complexity index is 1170. The van der Waals surface area contributed by atoms with Crippen molar-refractivity contribution < 1.29 is 31.4 Å². The van der Waals surface area contributed by atoms with Crippen LogP contribution in [0.25, 0.3) is 22.0 Å². The smallest absolute Gasteiger partial charge is 0.416 e. The van der Waals surface area contributed by atoms with Gasteiger partial charge < -0.3 is 9.67 Å². The summed E-state index contributed by atoms with van der Waals surface area (Å²) in [6.07, 6.45) is -6.54. The van der Waals surface area contributed by atoms with E-state index in [0.717, 1.165) is 24.3 Å². The number of fused-ring (bicyclic) bond motifs is 1. The average Bonchev–Trinajstić information content (AvgIpc) is 2.95. The first-order chi connectivity index (χ1) is 14.3. The molecule has 1 aliphatic rings. The zero-order valence-electron chi connectivity index (χ0n) is 16.5. The number of hydrogen-bond acceptors (Lipinski definition) is 1. The van der Waals surface area contributed by atoms with E-state index in [0.29, 0.717) is 34.9 Å². The second kappa shape index (κ2) is 7.07. The fraction of sp³-hybridized carbons (Fsp3) is 0.304. The molecule has 0 atom stereocenters. The Morgan fingerprint density at radius 3 is 2.19 bits per heavy atom. The molecule has 8 heteroatoms. The number of aromatic nitrogens is 1. The van der Waals surface area contributed by atoms with Crippen molar-refractivity contribution in [2.24, 2.45) is 13.0 Å². The van der Waals surface area contributed by atoms with Crippen LogP contribution in [0.3, 0.4) is 0 Å². The zero-order chi connectivity index (χ0) is 22.7. The number of alkyl halides is 6. The van der Waals surface area contributed by atoms with Crippen LogP contribution in [-0.4, -0.2) is 9.67 Å². The molecule has 2 aromatic carbocycles. The van der Waals surface area contributed by atoms with Crippen molar-refractivity contribution in [3.8, 4) is 11.1 Å². The van der Waals surface area contributed by atoms with Gasteiger partial charge in [0.05, 0.1) is 16.9 Å². The third kappa shape index (κ3) is 3.91. The lowest BCUT2D eigenvalue weighted by atomic mass is 9.70. The molecule has 31 heavy (non-hydrogen) atoms. The van der Waals surface area contributed by atoms with Crippen molar-refractivity contribution in [3.63, 3.8) is 0 Å². The van der Waals surface area contributed by atoms with Gasteiger partial charge in [0.15, 0.2) is 0 Å². The van der Waals surface area contributed by atoms with Crippen LogP contribution in [0.1, 0.15) is 35.4 Å². The summed E-state index contributed by atoms with van der Waals surface area (Å²) >= 11 is 0. The van der Waals surface area contributed by atoms with Crippen LogP contribution in [0.5, 0.6) is 0 Å². The number of benzene rings is 2. The van der Waals surface area contributed by atoms with E-state index < -0.39 is 23.5 Å². The summed E-state index contributed by atoms with van der Waals surface area (Å²) in [4.78, 5) is 0. The summed E-state index contributed by atoms with van der Waals surface area (Å²) < 4.78 is 81.4. The molecule has 0 aliphatic heterocycles. The molecule has 0 spiro atoms. The van der Waals surface area contributed by atoms with E-state index in [1.54, 1.807) is 19.3 Å². The minimum absolute atomic E-state index is 0.0259. The highest BCUT2D eigenvalue weighted by molar-refractivity contribution is 5.96. The third-order valence-electron chi connectivity index (χ3n) is 5.99. The van der Waals surface area contributed by atoms with Crippen molar-refractivity contribution in [1.82, 2.24) is 4.57 Å². The highest BCUT2D eigenvalue weighted by Gasteiger charge is 2.36. The molecule has 164 valence electrons. The Balaban J connectivity index is 1.83. The molecule has 1 N–H and O–H groups in total. The molecule has 2 nitrogen and oxygen atoms in total. The lowest BCUT2D eigenvalue weighted by molar-refractivity contribution is -0.138. The first-order valence-electron chi connectivity index (χ1n) is 9.61. The molecular formula is C23H19F6NO. The van der Waals surface area contributed by atoms with Crippen molar-refractivity contribution in [1.29, 1.82) is 0 Å². The molecule has 1 saturated carbocycles. The molecule has 0 unspecified atom stereocenters. The van der Waals surface area contributed by atoms with E-state index in [1.165, 1.54) is 10.6 Å². The van der Waals surface area contributed by atoms with Crippen LogP contribution in [0.15, 0.2) is 54.9 Å². The topological polar surface area (TPSA) is 25.2 Å². The number of nitrogens with zero attached hydrogens (tertiary/aromatic N) is 1. The number of aryl methyl sites for hydroxylation is 1. The normalized spacial score (nSPS) is 19.5. The molecule has 0 saturated heterocycles. The van der Waals surface area contributed by atoms with E-state index in [4.69, 9.17) is 0 Å². The van der Waals surface area contributed by atoms with Gasteiger partial charge in [-0.2, -0.15) is 26.3 Å². The van der Waals surface area contributed by atoms with Crippen molar-refractivity contribution in [2.45, 2.75) is 31.1 Å². The molecular weight excluding hydrogens is 420 g/mol. The summed E-state index contributed by atoms with van der Waals surface area (Å²) in [5, 5.41) is 9.94. The van der Waals surface area contributed by atoms with E-state index in [1.807, 2.05) is 0 Å². The van der Waals surface area contributed by atoms with Crippen molar-refractivity contribution in [3.05, 3.63) is 71.6 Å². The van der Waals surface area contributed by atoms with Gasteiger partial charge in [-0.3, -0.25) is 0 Å². The molecule has 3 aromatic rings. The summed E-state index contributed by atoms with van der Waals surface area (Å²) in [6, 6.07) is 7.01. The minimum atomic E-state index is -4.57. The van der Waals surface area contributed by atoms with E-state index in [9.17, 15) is 31.4 Å². The Morgan fingerprint density at radius 1 is 0.968 bits per heavy atom. The van der Waals surface area contributed by atoms with Crippen LogP contribution in [0, 0.1) is 5.92 Å². The number of aliphatic hydroxyl groups excluding tert-OH is 1. The largest absolute Gasteiger partial charge is 0.513 e. The molecule has 0 bridgehead atoms. The molecule has 0 radical (unpaired) electrons. The van der Waals surface area contributed by atoms with Gasteiger partial charge in [-0.25, -0.2) is 0 Å². The van der Waals surface area contributed by atoms with Crippen LogP contribution in [0.4, 0.5) is 26.3 Å². The fourth-order valence-electron chi connectivity index (χ4n) is 4.16. The van der Waals surface area contributed by atoms with Gasteiger partial charge in [-0.15, -0.1) is 0 Å². The van der Waals surface area contributed by atoms with Crippen LogP contribution in [-0.2, 0) is 19.4 Å². The quantitative estimate of drug-likeness (QED) is 0.333. The van der Waals surface area contributed by atoms with Gasteiger partial charge in [0.1, 0.15) is 0 Å². The number of halogens is 6. The number of aliphatic hydroxyl groups is 1. The second-order valence-corrected chi connectivity index (χ2v) is 8.08. The minimum Gasteiger partial charge on any atom is -0.513 e. The highest BCUT2D eigenvalue weighted by atomic mass is 19.4. The first kappa shape index (κ1) is 21.3. The lowest BCUT2D eigenvalue weighted by Gasteiger charge is -2.35. The predicted molar refractivity (Wildman–Crippen MR) is 106 cm³/mol. The molecule has 4 rings (SSSR count). The Morgan fingerprint density at radius 2 is 1.61 bits per heavy atom. The maximum atomic E-state index is 13.6.